The number of non-ortho nitro benzene ring substituents is 1. The largest absolute Gasteiger partial charge is 0.398 e. The van der Waals surface area contributed by atoms with Crippen molar-refractivity contribution < 1.29 is 13.3 Å². The van der Waals surface area contributed by atoms with Crippen molar-refractivity contribution in [2.75, 3.05) is 10.5 Å². The molecule has 0 unspecified atom stereocenters. The second-order valence-electron chi connectivity index (χ2n) is 4.39. The predicted molar refractivity (Wildman–Crippen MR) is 76.4 cm³/mol. The van der Waals surface area contributed by atoms with Crippen molar-refractivity contribution in [2.45, 2.75) is 18.7 Å². The van der Waals surface area contributed by atoms with Crippen LogP contribution in [0.5, 0.6) is 0 Å². The first-order valence-electron chi connectivity index (χ1n) is 5.80. The lowest BCUT2D eigenvalue weighted by molar-refractivity contribution is -0.385. The van der Waals surface area contributed by atoms with Crippen LogP contribution in [0.25, 0.3) is 0 Å². The van der Waals surface area contributed by atoms with Gasteiger partial charge in [-0.1, -0.05) is 0 Å². The molecule has 0 fully saturated rings. The van der Waals surface area contributed by atoms with Crippen LogP contribution in [0.3, 0.4) is 0 Å². The van der Waals surface area contributed by atoms with Gasteiger partial charge in [0.15, 0.2) is 0 Å². The van der Waals surface area contributed by atoms with Gasteiger partial charge in [-0.25, -0.2) is 8.42 Å². The summed E-state index contributed by atoms with van der Waals surface area (Å²) < 4.78 is 27.0. The molecule has 0 atom stereocenters. The highest BCUT2D eigenvalue weighted by Crippen LogP contribution is 2.27. The van der Waals surface area contributed by atoms with Crippen molar-refractivity contribution in [2.24, 2.45) is 0 Å². The number of nitrogen functional groups attached to an aromatic ring is 1. The van der Waals surface area contributed by atoms with Crippen molar-refractivity contribution in [3.8, 4) is 0 Å². The van der Waals surface area contributed by atoms with Crippen LogP contribution in [-0.2, 0) is 10.0 Å². The van der Waals surface area contributed by atoms with E-state index >= 15 is 0 Å². The molecule has 1 heterocycles. The van der Waals surface area contributed by atoms with Crippen LogP contribution in [0.1, 0.15) is 11.4 Å². The van der Waals surface area contributed by atoms with E-state index in [1.165, 1.54) is 6.07 Å². The summed E-state index contributed by atoms with van der Waals surface area (Å²) >= 11 is 0. The van der Waals surface area contributed by atoms with Crippen molar-refractivity contribution in [1.82, 2.24) is 10.2 Å². The van der Waals surface area contributed by atoms with Crippen LogP contribution >= 0.6 is 0 Å². The van der Waals surface area contributed by atoms with Crippen molar-refractivity contribution >= 4 is 27.1 Å². The van der Waals surface area contributed by atoms with E-state index in [1.54, 1.807) is 13.8 Å². The number of rotatable bonds is 4. The van der Waals surface area contributed by atoms with Gasteiger partial charge in [-0.2, -0.15) is 5.10 Å². The molecule has 2 aromatic rings. The lowest BCUT2D eigenvalue weighted by Crippen LogP contribution is -2.16. The first kappa shape index (κ1) is 14.8. The Kier molecular flexibility index (Phi) is 3.56. The summed E-state index contributed by atoms with van der Waals surface area (Å²) in [6.45, 7) is 3.27. The molecular formula is C11H13N5O4S. The smallest absolute Gasteiger partial charge is 0.270 e. The Balaban J connectivity index is 2.49. The molecule has 0 spiro atoms. The van der Waals surface area contributed by atoms with Gasteiger partial charge in [-0.15, -0.1) is 0 Å². The monoisotopic (exact) mass is 311 g/mol. The number of nitrogens with one attached hydrogen (secondary N) is 2. The van der Waals surface area contributed by atoms with Crippen molar-refractivity contribution in [1.29, 1.82) is 0 Å². The molecule has 21 heavy (non-hydrogen) atoms. The third kappa shape index (κ3) is 2.79. The number of sulfonamides is 1. The number of aryl methyl sites for hydroxylation is 2. The number of hydrogen-bond donors (Lipinski definition) is 3. The molecule has 0 radical (unpaired) electrons. The summed E-state index contributed by atoms with van der Waals surface area (Å²) in [6.07, 6.45) is 0. The number of nitro groups is 1. The molecule has 1 aromatic heterocycles. The minimum absolute atomic E-state index is 0.0769. The first-order chi connectivity index (χ1) is 9.72. The fraction of sp³-hybridized carbons (Fsp3) is 0.182. The van der Waals surface area contributed by atoms with Crippen LogP contribution in [0, 0.1) is 24.0 Å². The van der Waals surface area contributed by atoms with Gasteiger partial charge in [-0.05, 0) is 19.9 Å². The van der Waals surface area contributed by atoms with E-state index in [0.717, 1.165) is 12.1 Å². The van der Waals surface area contributed by atoms with E-state index < -0.39 is 14.9 Å². The fourth-order valence-corrected chi connectivity index (χ4v) is 3.09. The highest BCUT2D eigenvalue weighted by molar-refractivity contribution is 7.92. The molecule has 0 aliphatic heterocycles. The maximum Gasteiger partial charge on any atom is 0.270 e. The second kappa shape index (κ2) is 5.05. The van der Waals surface area contributed by atoms with E-state index in [9.17, 15) is 18.5 Å². The Bertz CT molecular complexity index is 793. The number of nitrogens with zero attached hydrogens (tertiary/aromatic N) is 2. The SMILES string of the molecule is Cc1n[nH]c(C)c1NS(=O)(=O)c1cc([N+](=O)[O-])ccc1N. The Morgan fingerprint density at radius 2 is 2.05 bits per heavy atom. The van der Waals surface area contributed by atoms with Crippen LogP contribution in [0.4, 0.5) is 17.1 Å². The number of nitrogens with two attached hydrogens (primary N) is 1. The van der Waals surface area contributed by atoms with E-state index in [2.05, 4.69) is 14.9 Å². The van der Waals surface area contributed by atoms with Gasteiger partial charge in [0.05, 0.1) is 27.7 Å². The minimum atomic E-state index is -4.05. The standard InChI is InChI=1S/C11H13N5O4S/c1-6-11(7(2)14-13-6)15-21(19,20)10-5-8(16(17)18)3-4-9(10)12/h3-5,15H,12H2,1-2H3,(H,13,14). The van der Waals surface area contributed by atoms with Gasteiger partial charge in [0.2, 0.25) is 0 Å². The molecule has 0 bridgehead atoms. The molecule has 112 valence electrons. The Morgan fingerprint density at radius 3 is 2.57 bits per heavy atom. The summed E-state index contributed by atoms with van der Waals surface area (Å²) in [5.74, 6) is 0. The maximum atomic E-state index is 12.3. The molecule has 4 N–H and O–H groups in total. The molecule has 0 amide bonds. The number of benzene rings is 1. The zero-order valence-electron chi connectivity index (χ0n) is 11.2. The molecule has 9 nitrogen and oxygen atoms in total. The molecule has 0 saturated carbocycles. The number of H-pyrrole nitrogens is 1. The first-order valence-corrected chi connectivity index (χ1v) is 7.29. The van der Waals surface area contributed by atoms with E-state index in [4.69, 9.17) is 5.73 Å². The van der Waals surface area contributed by atoms with Gasteiger partial charge in [0.1, 0.15) is 4.90 Å². The quantitative estimate of drug-likeness (QED) is 0.441. The summed E-state index contributed by atoms with van der Waals surface area (Å²) in [5.41, 5.74) is 6.46. The van der Waals surface area contributed by atoms with Gasteiger partial charge >= 0.3 is 0 Å². The third-order valence-corrected chi connectivity index (χ3v) is 4.27. The normalized spacial score (nSPS) is 11.3. The third-order valence-electron chi connectivity index (χ3n) is 2.86. The molecule has 10 heteroatoms. The summed E-state index contributed by atoms with van der Waals surface area (Å²) in [7, 11) is -4.05. The number of aromatic nitrogens is 2. The van der Waals surface area contributed by atoms with Crippen molar-refractivity contribution in [3.05, 3.63) is 39.7 Å². The molecule has 0 saturated heterocycles. The van der Waals surface area contributed by atoms with Gasteiger partial charge < -0.3 is 5.73 Å². The Hall–Kier alpha value is -2.62. The number of hydrogen-bond acceptors (Lipinski definition) is 6. The average molecular weight is 311 g/mol. The second-order valence-corrected chi connectivity index (χ2v) is 6.04. The Labute approximate surface area is 120 Å². The Morgan fingerprint density at radius 1 is 1.38 bits per heavy atom. The van der Waals surface area contributed by atoms with Crippen molar-refractivity contribution in [3.63, 3.8) is 0 Å². The predicted octanol–water partition coefficient (Wildman–Crippen LogP) is 1.32. The molecule has 2 rings (SSSR count). The minimum Gasteiger partial charge on any atom is -0.398 e. The van der Waals surface area contributed by atoms with Crippen LogP contribution in [-0.4, -0.2) is 23.5 Å². The zero-order valence-corrected chi connectivity index (χ0v) is 12.1. The van der Waals surface area contributed by atoms with E-state index in [0.29, 0.717) is 17.1 Å². The van der Waals surface area contributed by atoms with Gasteiger partial charge in [-0.3, -0.25) is 19.9 Å². The number of aromatic amines is 1. The fourth-order valence-electron chi connectivity index (χ4n) is 1.76. The summed E-state index contributed by atoms with van der Waals surface area (Å²) in [5, 5.41) is 17.3. The zero-order chi connectivity index (χ0) is 15.8. The lowest BCUT2D eigenvalue weighted by atomic mass is 10.3. The van der Waals surface area contributed by atoms with Crippen LogP contribution in [0.2, 0.25) is 0 Å². The molecule has 0 aliphatic rings. The number of anilines is 2. The topological polar surface area (TPSA) is 144 Å². The lowest BCUT2D eigenvalue weighted by Gasteiger charge is -2.10. The van der Waals surface area contributed by atoms with Crippen LogP contribution < -0.4 is 10.5 Å². The highest BCUT2D eigenvalue weighted by Gasteiger charge is 2.23. The van der Waals surface area contributed by atoms with Gasteiger partial charge in [0, 0.05) is 12.1 Å². The highest BCUT2D eigenvalue weighted by atomic mass is 32.2. The molecule has 0 aliphatic carbocycles. The van der Waals surface area contributed by atoms with E-state index in [-0.39, 0.29) is 16.3 Å². The molecular weight excluding hydrogens is 298 g/mol. The summed E-state index contributed by atoms with van der Waals surface area (Å²) in [4.78, 5) is 9.71. The van der Waals surface area contributed by atoms with Crippen LogP contribution in [0.15, 0.2) is 23.1 Å². The number of nitro benzene ring substituents is 1. The van der Waals surface area contributed by atoms with Gasteiger partial charge in [0.25, 0.3) is 15.7 Å². The average Bonchev–Trinajstić information content (AvgIpc) is 2.70. The maximum absolute atomic E-state index is 12.3. The summed E-state index contributed by atoms with van der Waals surface area (Å²) in [6, 6.07) is 3.24. The molecule has 1 aromatic carbocycles. The van der Waals surface area contributed by atoms with E-state index in [1.807, 2.05) is 0 Å².